The monoisotopic (exact) mass is 275 g/mol. The first-order chi connectivity index (χ1) is 9.41. The second kappa shape index (κ2) is 5.53. The molecule has 1 aromatic carbocycles. The van der Waals surface area contributed by atoms with Crippen molar-refractivity contribution < 1.29 is 9.59 Å². The Labute approximate surface area is 118 Å². The van der Waals surface area contributed by atoms with Crippen molar-refractivity contribution in [3.8, 4) is 0 Å². The van der Waals surface area contributed by atoms with Gasteiger partial charge in [-0.25, -0.2) is 0 Å². The molecule has 0 aromatic heterocycles. The summed E-state index contributed by atoms with van der Waals surface area (Å²) in [5, 5.41) is 0. The number of anilines is 1. The average Bonchev–Trinajstić information content (AvgIpc) is 2.42. The fourth-order valence-corrected chi connectivity index (χ4v) is 2.72. The Morgan fingerprint density at radius 1 is 1.20 bits per heavy atom. The van der Waals surface area contributed by atoms with Gasteiger partial charge in [0.1, 0.15) is 6.04 Å². The van der Waals surface area contributed by atoms with Crippen LogP contribution in [0.15, 0.2) is 12.1 Å². The minimum absolute atomic E-state index is 0.155. The van der Waals surface area contributed by atoms with Gasteiger partial charge in [0.25, 0.3) is 5.91 Å². The summed E-state index contributed by atoms with van der Waals surface area (Å²) in [7, 11) is 0. The Hall–Kier alpha value is -2.04. The van der Waals surface area contributed by atoms with Crippen LogP contribution in [0.3, 0.4) is 0 Å². The van der Waals surface area contributed by atoms with E-state index < -0.39 is 11.9 Å². The number of benzene rings is 1. The number of amides is 2. The van der Waals surface area contributed by atoms with Gasteiger partial charge >= 0.3 is 0 Å². The first-order valence-electron chi connectivity index (χ1n) is 6.89. The zero-order chi connectivity index (χ0) is 14.9. The number of likely N-dealkylation sites (tertiary alicyclic amines) is 1. The van der Waals surface area contributed by atoms with Crippen molar-refractivity contribution in [2.75, 3.05) is 12.3 Å². The van der Waals surface area contributed by atoms with Crippen molar-refractivity contribution in [3.05, 3.63) is 28.8 Å². The highest BCUT2D eigenvalue weighted by Gasteiger charge is 2.31. The Balaban J connectivity index is 2.34. The molecule has 1 heterocycles. The molecule has 1 fully saturated rings. The number of aryl methyl sites for hydroxylation is 2. The fourth-order valence-electron chi connectivity index (χ4n) is 2.72. The quantitative estimate of drug-likeness (QED) is 0.799. The maximum Gasteiger partial charge on any atom is 0.254 e. The molecule has 1 atom stereocenters. The van der Waals surface area contributed by atoms with Gasteiger partial charge in [0.05, 0.1) is 0 Å². The summed E-state index contributed by atoms with van der Waals surface area (Å²) in [5.74, 6) is -0.589. The molecule has 0 bridgehead atoms. The smallest absolute Gasteiger partial charge is 0.254 e. The number of piperidine rings is 1. The number of hydrogen-bond acceptors (Lipinski definition) is 3. The van der Waals surface area contributed by atoms with Gasteiger partial charge in [0.15, 0.2) is 0 Å². The molecule has 0 saturated carbocycles. The summed E-state index contributed by atoms with van der Waals surface area (Å²) in [6, 6.07) is 3.09. The van der Waals surface area contributed by atoms with E-state index in [0.29, 0.717) is 24.2 Å². The van der Waals surface area contributed by atoms with Gasteiger partial charge < -0.3 is 16.4 Å². The largest absolute Gasteiger partial charge is 0.398 e. The number of nitrogens with two attached hydrogens (primary N) is 2. The molecule has 2 amide bonds. The van der Waals surface area contributed by atoms with Crippen LogP contribution in [-0.4, -0.2) is 29.3 Å². The van der Waals surface area contributed by atoms with Crippen LogP contribution in [0.4, 0.5) is 5.69 Å². The molecule has 20 heavy (non-hydrogen) atoms. The van der Waals surface area contributed by atoms with Crippen molar-refractivity contribution in [2.45, 2.75) is 39.2 Å². The number of nitrogens with zero attached hydrogens (tertiary/aromatic N) is 1. The molecule has 1 saturated heterocycles. The van der Waals surface area contributed by atoms with E-state index in [1.54, 1.807) is 11.0 Å². The highest BCUT2D eigenvalue weighted by atomic mass is 16.2. The van der Waals surface area contributed by atoms with Crippen LogP contribution >= 0.6 is 0 Å². The molecule has 1 aromatic rings. The molecule has 2 rings (SSSR count). The zero-order valence-electron chi connectivity index (χ0n) is 12.0. The number of carbonyl (C=O) groups excluding carboxylic acids is 2. The van der Waals surface area contributed by atoms with Crippen LogP contribution in [0, 0.1) is 13.8 Å². The Bertz CT molecular complexity index is 554. The van der Waals surface area contributed by atoms with Crippen LogP contribution in [0.5, 0.6) is 0 Å². The average molecular weight is 275 g/mol. The lowest BCUT2D eigenvalue weighted by Gasteiger charge is -2.34. The fraction of sp³-hybridized carbons (Fsp3) is 0.467. The topological polar surface area (TPSA) is 89.4 Å². The molecule has 0 spiro atoms. The van der Waals surface area contributed by atoms with Gasteiger partial charge in [-0.3, -0.25) is 9.59 Å². The minimum atomic E-state index is -0.502. The van der Waals surface area contributed by atoms with E-state index in [9.17, 15) is 9.59 Å². The predicted molar refractivity (Wildman–Crippen MR) is 78.2 cm³/mol. The van der Waals surface area contributed by atoms with E-state index >= 15 is 0 Å². The lowest BCUT2D eigenvalue weighted by atomic mass is 9.98. The van der Waals surface area contributed by atoms with Crippen LogP contribution < -0.4 is 11.5 Å². The molecule has 5 heteroatoms. The van der Waals surface area contributed by atoms with Crippen molar-refractivity contribution in [2.24, 2.45) is 5.73 Å². The number of hydrogen-bond donors (Lipinski definition) is 2. The van der Waals surface area contributed by atoms with Crippen LogP contribution in [-0.2, 0) is 4.79 Å². The third kappa shape index (κ3) is 2.61. The van der Waals surface area contributed by atoms with Crippen LogP contribution in [0.1, 0.15) is 40.7 Å². The van der Waals surface area contributed by atoms with E-state index in [1.165, 1.54) is 0 Å². The van der Waals surface area contributed by atoms with Gasteiger partial charge in [-0.05, 0) is 50.3 Å². The summed E-state index contributed by atoms with van der Waals surface area (Å²) < 4.78 is 0. The minimum Gasteiger partial charge on any atom is -0.398 e. The molecule has 0 aliphatic carbocycles. The molecule has 1 unspecified atom stereocenters. The molecular formula is C15H21N3O2. The molecular weight excluding hydrogens is 254 g/mol. The highest BCUT2D eigenvalue weighted by Crippen LogP contribution is 2.23. The second-order valence-corrected chi connectivity index (χ2v) is 5.44. The van der Waals surface area contributed by atoms with Gasteiger partial charge in [0, 0.05) is 17.8 Å². The Kier molecular flexibility index (Phi) is 3.97. The Morgan fingerprint density at radius 3 is 2.55 bits per heavy atom. The van der Waals surface area contributed by atoms with E-state index in [4.69, 9.17) is 11.5 Å². The maximum absolute atomic E-state index is 12.7. The number of nitrogen functional groups attached to an aromatic ring is 1. The third-order valence-electron chi connectivity index (χ3n) is 3.94. The predicted octanol–water partition coefficient (Wildman–Crippen LogP) is 1.37. The molecule has 5 nitrogen and oxygen atoms in total. The van der Waals surface area contributed by atoms with Gasteiger partial charge in [0.2, 0.25) is 5.91 Å². The number of rotatable bonds is 2. The van der Waals surface area contributed by atoms with E-state index in [1.807, 2.05) is 19.9 Å². The van der Waals surface area contributed by atoms with Crippen molar-refractivity contribution >= 4 is 17.5 Å². The number of primary amides is 1. The van der Waals surface area contributed by atoms with Gasteiger partial charge in [-0.2, -0.15) is 0 Å². The van der Waals surface area contributed by atoms with E-state index in [2.05, 4.69) is 0 Å². The maximum atomic E-state index is 12.7. The standard InChI is InChI=1S/C15H21N3O2/c1-9-7-10(2)12(16)8-11(9)15(20)18-6-4-3-5-13(18)14(17)19/h7-8,13H,3-6,16H2,1-2H3,(H2,17,19). The summed E-state index contributed by atoms with van der Waals surface area (Å²) in [6.45, 7) is 4.35. The van der Waals surface area contributed by atoms with Crippen molar-refractivity contribution in [1.29, 1.82) is 0 Å². The zero-order valence-corrected chi connectivity index (χ0v) is 12.0. The van der Waals surface area contributed by atoms with Crippen molar-refractivity contribution in [3.63, 3.8) is 0 Å². The lowest BCUT2D eigenvalue weighted by Crippen LogP contribution is -2.50. The molecule has 108 valence electrons. The van der Waals surface area contributed by atoms with Crippen LogP contribution in [0.25, 0.3) is 0 Å². The Morgan fingerprint density at radius 2 is 1.90 bits per heavy atom. The second-order valence-electron chi connectivity index (χ2n) is 5.44. The van der Waals surface area contributed by atoms with Crippen molar-refractivity contribution in [1.82, 2.24) is 4.90 Å². The summed E-state index contributed by atoms with van der Waals surface area (Å²) >= 11 is 0. The SMILES string of the molecule is Cc1cc(C)c(C(=O)N2CCCCC2C(N)=O)cc1N. The first-order valence-corrected chi connectivity index (χ1v) is 6.89. The van der Waals surface area contributed by atoms with Crippen LogP contribution in [0.2, 0.25) is 0 Å². The van der Waals surface area contributed by atoms with E-state index in [0.717, 1.165) is 24.0 Å². The summed E-state index contributed by atoms with van der Waals surface area (Å²) in [5.41, 5.74) is 14.3. The van der Waals surface area contributed by atoms with E-state index in [-0.39, 0.29) is 5.91 Å². The first kappa shape index (κ1) is 14.4. The highest BCUT2D eigenvalue weighted by molar-refractivity contribution is 5.99. The van der Waals surface area contributed by atoms with Gasteiger partial charge in [-0.15, -0.1) is 0 Å². The lowest BCUT2D eigenvalue weighted by molar-refractivity contribution is -0.123. The number of carbonyl (C=O) groups is 2. The molecule has 0 radical (unpaired) electrons. The molecule has 1 aliphatic rings. The summed E-state index contributed by atoms with van der Waals surface area (Å²) in [6.07, 6.45) is 2.46. The molecule has 4 N–H and O–H groups in total. The van der Waals surface area contributed by atoms with Gasteiger partial charge in [-0.1, -0.05) is 6.07 Å². The normalized spacial score (nSPS) is 18.9. The summed E-state index contributed by atoms with van der Waals surface area (Å²) in [4.78, 5) is 25.8. The third-order valence-corrected chi connectivity index (χ3v) is 3.94. The molecule has 1 aliphatic heterocycles.